The van der Waals surface area contributed by atoms with Gasteiger partial charge in [-0.3, -0.25) is 0 Å². The molecule has 0 saturated carbocycles. The number of amides is 2. The van der Waals surface area contributed by atoms with Crippen LogP contribution in [0.5, 0.6) is 0 Å². The zero-order valence-corrected chi connectivity index (χ0v) is 15.2. The third-order valence-corrected chi connectivity index (χ3v) is 4.47. The quantitative estimate of drug-likeness (QED) is 0.785. The van der Waals surface area contributed by atoms with E-state index in [1.165, 1.54) is 7.11 Å². The molecular formula is C19H23N5O3. The van der Waals surface area contributed by atoms with Crippen molar-refractivity contribution in [1.82, 2.24) is 15.3 Å². The summed E-state index contributed by atoms with van der Waals surface area (Å²) in [6, 6.07) is 8.09. The molecule has 2 N–H and O–H groups in total. The summed E-state index contributed by atoms with van der Waals surface area (Å²) in [6.07, 6.45) is 5.57. The molecule has 142 valence electrons. The van der Waals surface area contributed by atoms with E-state index in [4.69, 9.17) is 0 Å². The second-order valence-electron chi connectivity index (χ2n) is 6.41. The van der Waals surface area contributed by atoms with Gasteiger partial charge in [-0.1, -0.05) is 0 Å². The van der Waals surface area contributed by atoms with E-state index in [0.29, 0.717) is 23.7 Å². The maximum atomic E-state index is 12.1. The van der Waals surface area contributed by atoms with Gasteiger partial charge in [0, 0.05) is 37.7 Å². The summed E-state index contributed by atoms with van der Waals surface area (Å²) in [4.78, 5) is 34.3. The molecule has 27 heavy (non-hydrogen) atoms. The first-order valence-electron chi connectivity index (χ1n) is 8.91. The molecule has 1 atom stereocenters. The number of nitrogens with one attached hydrogen (secondary N) is 2. The monoisotopic (exact) mass is 369 g/mol. The molecule has 1 saturated heterocycles. The Bertz CT molecular complexity index is 767. The Labute approximate surface area is 158 Å². The number of hydrogen-bond acceptors (Lipinski definition) is 6. The van der Waals surface area contributed by atoms with Gasteiger partial charge in [-0.05, 0) is 49.1 Å². The van der Waals surface area contributed by atoms with Crippen LogP contribution in [0.3, 0.4) is 0 Å². The summed E-state index contributed by atoms with van der Waals surface area (Å²) in [5, 5.41) is 5.68. The molecule has 0 spiro atoms. The molecule has 3 rings (SSSR count). The molecule has 1 aliphatic heterocycles. The second kappa shape index (κ2) is 8.98. The van der Waals surface area contributed by atoms with Crippen molar-refractivity contribution in [2.75, 3.05) is 37.0 Å². The number of esters is 1. The van der Waals surface area contributed by atoms with E-state index >= 15 is 0 Å². The summed E-state index contributed by atoms with van der Waals surface area (Å²) in [7, 11) is 1.33. The fourth-order valence-electron chi connectivity index (χ4n) is 3.09. The van der Waals surface area contributed by atoms with E-state index in [1.807, 2.05) is 0 Å². The van der Waals surface area contributed by atoms with Gasteiger partial charge in [0.25, 0.3) is 0 Å². The Kier molecular flexibility index (Phi) is 6.19. The number of methoxy groups -OCH3 is 1. The number of rotatable bonds is 5. The number of carbonyl (C=O) groups is 2. The second-order valence-corrected chi connectivity index (χ2v) is 6.41. The molecule has 1 fully saturated rings. The number of aromatic nitrogens is 2. The van der Waals surface area contributed by atoms with Crippen molar-refractivity contribution in [2.45, 2.75) is 12.8 Å². The minimum Gasteiger partial charge on any atom is -0.465 e. The van der Waals surface area contributed by atoms with Gasteiger partial charge in [-0.15, -0.1) is 0 Å². The van der Waals surface area contributed by atoms with Crippen LogP contribution in [-0.2, 0) is 4.74 Å². The summed E-state index contributed by atoms with van der Waals surface area (Å²) in [5.41, 5.74) is 1.05. The van der Waals surface area contributed by atoms with Crippen molar-refractivity contribution in [1.29, 1.82) is 0 Å². The lowest BCUT2D eigenvalue weighted by molar-refractivity contribution is 0.0600. The Balaban J connectivity index is 1.46. The summed E-state index contributed by atoms with van der Waals surface area (Å²) >= 11 is 0. The van der Waals surface area contributed by atoms with Gasteiger partial charge in [0.2, 0.25) is 5.95 Å². The van der Waals surface area contributed by atoms with Crippen molar-refractivity contribution in [3.8, 4) is 0 Å². The minimum absolute atomic E-state index is 0.270. The molecule has 0 bridgehead atoms. The van der Waals surface area contributed by atoms with Crippen molar-refractivity contribution >= 4 is 23.6 Å². The Morgan fingerprint density at radius 1 is 1.22 bits per heavy atom. The van der Waals surface area contributed by atoms with E-state index in [1.54, 1.807) is 42.7 Å². The first-order valence-corrected chi connectivity index (χ1v) is 8.91. The van der Waals surface area contributed by atoms with Crippen LogP contribution in [-0.4, -0.2) is 48.7 Å². The lowest BCUT2D eigenvalue weighted by Crippen LogP contribution is -2.42. The third kappa shape index (κ3) is 5.16. The summed E-state index contributed by atoms with van der Waals surface area (Å²) in [6.45, 7) is 2.33. The Morgan fingerprint density at radius 2 is 1.96 bits per heavy atom. The van der Waals surface area contributed by atoms with Gasteiger partial charge in [0.15, 0.2) is 0 Å². The summed E-state index contributed by atoms with van der Waals surface area (Å²) in [5.74, 6) is 0.669. The van der Waals surface area contributed by atoms with Gasteiger partial charge >= 0.3 is 12.0 Å². The zero-order chi connectivity index (χ0) is 19.1. The largest absolute Gasteiger partial charge is 0.465 e. The highest BCUT2D eigenvalue weighted by Crippen LogP contribution is 2.19. The predicted molar refractivity (Wildman–Crippen MR) is 102 cm³/mol. The van der Waals surface area contributed by atoms with Crippen LogP contribution in [0.4, 0.5) is 16.4 Å². The molecule has 1 aromatic heterocycles. The van der Waals surface area contributed by atoms with E-state index < -0.39 is 5.97 Å². The predicted octanol–water partition coefficient (Wildman–Crippen LogP) is 2.30. The molecule has 8 nitrogen and oxygen atoms in total. The molecule has 2 amide bonds. The first kappa shape index (κ1) is 18.6. The van der Waals surface area contributed by atoms with E-state index in [0.717, 1.165) is 31.9 Å². The van der Waals surface area contributed by atoms with Gasteiger partial charge in [0.05, 0.1) is 12.7 Å². The van der Waals surface area contributed by atoms with Gasteiger partial charge in [-0.25, -0.2) is 19.6 Å². The lowest BCUT2D eigenvalue weighted by atomic mass is 9.98. The molecule has 0 aliphatic carbocycles. The number of benzene rings is 1. The fourth-order valence-corrected chi connectivity index (χ4v) is 3.09. The average Bonchev–Trinajstić information content (AvgIpc) is 2.73. The molecule has 0 unspecified atom stereocenters. The number of urea groups is 1. The van der Waals surface area contributed by atoms with Crippen LogP contribution >= 0.6 is 0 Å². The van der Waals surface area contributed by atoms with Crippen molar-refractivity contribution < 1.29 is 14.3 Å². The maximum absolute atomic E-state index is 12.1. The number of anilines is 2. The standard InChI is InChI=1S/C19H23N5O3/c1-27-17(25)15-5-7-16(8-6-15)23-19(26)22-12-14-4-2-11-24(13-14)18-20-9-3-10-21-18/h3,5-10,14H,2,4,11-13H2,1H3,(H2,22,23,26)/t14-/m1/s1. The molecule has 1 aromatic carbocycles. The molecule has 1 aliphatic rings. The van der Waals surface area contributed by atoms with Crippen LogP contribution in [0.1, 0.15) is 23.2 Å². The van der Waals surface area contributed by atoms with Crippen LogP contribution in [0.2, 0.25) is 0 Å². The Hall–Kier alpha value is -3.16. The topological polar surface area (TPSA) is 96.4 Å². The fraction of sp³-hybridized carbons (Fsp3) is 0.368. The molecule has 0 radical (unpaired) electrons. The number of ether oxygens (including phenoxy) is 1. The van der Waals surface area contributed by atoms with E-state index in [-0.39, 0.29) is 6.03 Å². The minimum atomic E-state index is -0.407. The van der Waals surface area contributed by atoms with E-state index in [2.05, 4.69) is 30.2 Å². The average molecular weight is 369 g/mol. The number of hydrogen-bond donors (Lipinski definition) is 2. The van der Waals surface area contributed by atoms with Gasteiger partial charge in [-0.2, -0.15) is 0 Å². The SMILES string of the molecule is COC(=O)c1ccc(NC(=O)NC[C@H]2CCCN(c3ncccn3)C2)cc1. The highest BCUT2D eigenvalue weighted by atomic mass is 16.5. The Morgan fingerprint density at radius 3 is 2.67 bits per heavy atom. The molecule has 2 heterocycles. The van der Waals surface area contributed by atoms with Crippen LogP contribution in [0.25, 0.3) is 0 Å². The van der Waals surface area contributed by atoms with Crippen molar-refractivity contribution in [2.24, 2.45) is 5.92 Å². The third-order valence-electron chi connectivity index (χ3n) is 4.47. The number of nitrogens with zero attached hydrogens (tertiary/aromatic N) is 3. The smallest absolute Gasteiger partial charge is 0.337 e. The van der Waals surface area contributed by atoms with Gasteiger partial charge < -0.3 is 20.3 Å². The molecular weight excluding hydrogens is 346 g/mol. The van der Waals surface area contributed by atoms with Gasteiger partial charge in [0.1, 0.15) is 0 Å². The maximum Gasteiger partial charge on any atom is 0.337 e. The van der Waals surface area contributed by atoms with Crippen LogP contribution in [0, 0.1) is 5.92 Å². The lowest BCUT2D eigenvalue weighted by Gasteiger charge is -2.32. The van der Waals surface area contributed by atoms with Crippen LogP contribution < -0.4 is 15.5 Å². The number of piperidine rings is 1. The normalized spacial score (nSPS) is 16.5. The zero-order valence-electron chi connectivity index (χ0n) is 15.2. The van der Waals surface area contributed by atoms with Crippen LogP contribution in [0.15, 0.2) is 42.7 Å². The number of carbonyl (C=O) groups excluding carboxylic acids is 2. The summed E-state index contributed by atoms with van der Waals surface area (Å²) < 4.78 is 4.65. The highest BCUT2D eigenvalue weighted by molar-refractivity contribution is 5.92. The first-order chi connectivity index (χ1) is 13.2. The highest BCUT2D eigenvalue weighted by Gasteiger charge is 2.22. The van der Waals surface area contributed by atoms with E-state index in [9.17, 15) is 9.59 Å². The molecule has 2 aromatic rings. The van der Waals surface area contributed by atoms with Crippen molar-refractivity contribution in [3.05, 3.63) is 48.3 Å². The van der Waals surface area contributed by atoms with Crippen molar-refractivity contribution in [3.63, 3.8) is 0 Å². The molecule has 8 heteroatoms.